The van der Waals surface area contributed by atoms with Gasteiger partial charge in [0.15, 0.2) is 0 Å². The van der Waals surface area contributed by atoms with Gasteiger partial charge in [-0.1, -0.05) is 50.2 Å². The van der Waals surface area contributed by atoms with Crippen molar-refractivity contribution in [2.24, 2.45) is 5.92 Å². The molecule has 0 atom stereocenters. The van der Waals surface area contributed by atoms with E-state index in [0.717, 1.165) is 17.7 Å². The van der Waals surface area contributed by atoms with Crippen molar-refractivity contribution in [1.29, 1.82) is 0 Å². The van der Waals surface area contributed by atoms with E-state index in [-0.39, 0.29) is 17.9 Å². The van der Waals surface area contributed by atoms with Gasteiger partial charge in [0.2, 0.25) is 11.8 Å². The van der Waals surface area contributed by atoms with Gasteiger partial charge in [-0.3, -0.25) is 14.6 Å². The van der Waals surface area contributed by atoms with Crippen molar-refractivity contribution in [3.05, 3.63) is 65.7 Å². The highest BCUT2D eigenvalue weighted by Gasteiger charge is 2.17. The van der Waals surface area contributed by atoms with Crippen molar-refractivity contribution in [1.82, 2.24) is 10.4 Å². The molecule has 6 heteroatoms. The first-order valence-electron chi connectivity index (χ1n) is 10.2. The fourth-order valence-electron chi connectivity index (χ4n) is 2.80. The number of para-hydroxylation sites is 2. The van der Waals surface area contributed by atoms with Crippen LogP contribution in [0.3, 0.4) is 0 Å². The number of hydrogen-bond donors (Lipinski definition) is 3. The third kappa shape index (κ3) is 7.37. The Kier molecular flexibility index (Phi) is 8.62. The fourth-order valence-corrected chi connectivity index (χ4v) is 2.80. The molecule has 2 aromatic rings. The van der Waals surface area contributed by atoms with Gasteiger partial charge >= 0.3 is 0 Å². The Hall–Kier alpha value is -3.12. The van der Waals surface area contributed by atoms with Crippen LogP contribution in [0.4, 0.5) is 11.4 Å². The van der Waals surface area contributed by atoms with E-state index >= 15 is 0 Å². The van der Waals surface area contributed by atoms with Gasteiger partial charge in [0.1, 0.15) is 0 Å². The van der Waals surface area contributed by atoms with Crippen LogP contribution in [0.25, 0.3) is 6.08 Å². The number of hydrogen-bond acceptors (Lipinski definition) is 4. The second kappa shape index (κ2) is 11.2. The van der Waals surface area contributed by atoms with Gasteiger partial charge in [-0.15, -0.1) is 0 Å². The van der Waals surface area contributed by atoms with Crippen LogP contribution < -0.4 is 16.5 Å². The molecular formula is C24H32N4O2. The normalized spacial score (nSPS) is 11.3. The highest BCUT2D eigenvalue weighted by molar-refractivity contribution is 6.03. The van der Waals surface area contributed by atoms with E-state index in [0.29, 0.717) is 23.7 Å². The Labute approximate surface area is 179 Å². The van der Waals surface area contributed by atoms with Gasteiger partial charge in [0.05, 0.1) is 17.8 Å². The number of anilines is 2. The third-order valence-electron chi connectivity index (χ3n) is 4.44. The summed E-state index contributed by atoms with van der Waals surface area (Å²) in [5.41, 5.74) is 12.0. The Bertz CT molecular complexity index is 873. The molecule has 6 nitrogen and oxygen atoms in total. The maximum atomic E-state index is 12.7. The van der Waals surface area contributed by atoms with Crippen molar-refractivity contribution in [3.8, 4) is 0 Å². The minimum Gasteiger partial charge on any atom is -0.397 e. The lowest BCUT2D eigenvalue weighted by Gasteiger charge is -2.28. The maximum absolute atomic E-state index is 12.7. The minimum atomic E-state index is -0.254. The predicted octanol–water partition coefficient (Wildman–Crippen LogP) is 3.86. The number of carbonyl (C=O) groups excluding carboxylic acids is 2. The van der Waals surface area contributed by atoms with Crippen molar-refractivity contribution in [2.45, 2.75) is 40.2 Å². The molecule has 0 spiro atoms. The number of benzene rings is 2. The summed E-state index contributed by atoms with van der Waals surface area (Å²) in [4.78, 5) is 24.7. The second-order valence-electron chi connectivity index (χ2n) is 7.94. The van der Waals surface area contributed by atoms with Crippen molar-refractivity contribution in [2.75, 3.05) is 17.6 Å². The van der Waals surface area contributed by atoms with Gasteiger partial charge in [-0.2, -0.15) is 0 Å². The summed E-state index contributed by atoms with van der Waals surface area (Å²) in [7, 11) is 0. The van der Waals surface area contributed by atoms with Gasteiger partial charge in [0.25, 0.3) is 0 Å². The molecule has 0 fully saturated rings. The summed E-state index contributed by atoms with van der Waals surface area (Å²) in [6, 6.07) is 14.8. The first-order valence-corrected chi connectivity index (χ1v) is 10.2. The second-order valence-corrected chi connectivity index (χ2v) is 7.94. The smallest absolute Gasteiger partial charge is 0.248 e. The predicted molar refractivity (Wildman–Crippen MR) is 123 cm³/mol. The molecule has 160 valence electrons. The SMILES string of the molecule is CC(C)CNN(C(=O)Cc1ccc(/C=C/C(=O)Nc2ccccc2N)cc1)C(C)C. The molecule has 0 bridgehead atoms. The van der Waals surface area contributed by atoms with Crippen LogP contribution in [0.1, 0.15) is 38.8 Å². The maximum Gasteiger partial charge on any atom is 0.248 e. The van der Waals surface area contributed by atoms with E-state index in [9.17, 15) is 9.59 Å². The minimum absolute atomic E-state index is 0.0359. The molecule has 0 aromatic heterocycles. The summed E-state index contributed by atoms with van der Waals surface area (Å²) in [6.07, 6.45) is 3.51. The topological polar surface area (TPSA) is 87.5 Å². The molecule has 0 unspecified atom stereocenters. The van der Waals surface area contributed by atoms with Gasteiger partial charge in [-0.05, 0) is 49.1 Å². The zero-order valence-corrected chi connectivity index (χ0v) is 18.2. The molecule has 0 radical (unpaired) electrons. The highest BCUT2D eigenvalue weighted by atomic mass is 16.2. The Balaban J connectivity index is 1.93. The first kappa shape index (κ1) is 23.2. The molecule has 0 saturated heterocycles. The van der Waals surface area contributed by atoms with Gasteiger partial charge in [0, 0.05) is 18.7 Å². The van der Waals surface area contributed by atoms with Gasteiger partial charge < -0.3 is 11.1 Å². The van der Waals surface area contributed by atoms with Crippen LogP contribution in [-0.2, 0) is 16.0 Å². The number of nitrogen functional groups attached to an aromatic ring is 1. The van der Waals surface area contributed by atoms with Crippen molar-refractivity contribution < 1.29 is 9.59 Å². The number of nitrogens with two attached hydrogens (primary N) is 1. The average Bonchev–Trinajstić information content (AvgIpc) is 2.69. The van der Waals surface area contributed by atoms with Crippen LogP contribution in [0, 0.1) is 5.92 Å². The molecule has 0 aliphatic rings. The van der Waals surface area contributed by atoms with E-state index in [1.54, 1.807) is 23.2 Å². The van der Waals surface area contributed by atoms with E-state index in [1.807, 2.05) is 50.2 Å². The van der Waals surface area contributed by atoms with Crippen LogP contribution in [0.2, 0.25) is 0 Å². The van der Waals surface area contributed by atoms with Crippen molar-refractivity contribution >= 4 is 29.3 Å². The third-order valence-corrected chi connectivity index (χ3v) is 4.44. The molecule has 2 amide bonds. The zero-order valence-electron chi connectivity index (χ0n) is 18.2. The molecular weight excluding hydrogens is 376 g/mol. The largest absolute Gasteiger partial charge is 0.397 e. The van der Waals surface area contributed by atoms with E-state index in [4.69, 9.17) is 5.73 Å². The molecule has 0 aliphatic carbocycles. The Morgan fingerprint density at radius 1 is 1.03 bits per heavy atom. The summed E-state index contributed by atoms with van der Waals surface area (Å²) in [5.74, 6) is 0.241. The molecule has 4 N–H and O–H groups in total. The zero-order chi connectivity index (χ0) is 22.1. The lowest BCUT2D eigenvalue weighted by atomic mass is 10.1. The van der Waals surface area contributed by atoms with E-state index < -0.39 is 0 Å². The van der Waals surface area contributed by atoms with Crippen LogP contribution in [0.15, 0.2) is 54.6 Å². The van der Waals surface area contributed by atoms with Crippen LogP contribution in [0.5, 0.6) is 0 Å². The standard InChI is InChI=1S/C24H32N4O2/c1-17(2)16-26-28(18(3)4)24(30)15-20-11-9-19(10-12-20)13-14-23(29)27-22-8-6-5-7-21(22)25/h5-14,17-18,26H,15-16,25H2,1-4H3,(H,27,29)/b14-13+. The van der Waals surface area contributed by atoms with Crippen molar-refractivity contribution in [3.63, 3.8) is 0 Å². The Morgan fingerprint density at radius 2 is 1.70 bits per heavy atom. The number of hydrazine groups is 1. The number of amides is 2. The first-order chi connectivity index (χ1) is 14.3. The van der Waals surface area contributed by atoms with E-state index in [2.05, 4.69) is 24.6 Å². The quantitative estimate of drug-likeness (QED) is 0.334. The van der Waals surface area contributed by atoms with Gasteiger partial charge in [-0.25, -0.2) is 5.43 Å². The number of rotatable bonds is 9. The summed E-state index contributed by atoms with van der Waals surface area (Å²) >= 11 is 0. The lowest BCUT2D eigenvalue weighted by Crippen LogP contribution is -2.49. The number of nitrogens with zero attached hydrogens (tertiary/aromatic N) is 1. The summed E-state index contributed by atoms with van der Waals surface area (Å²) in [6.45, 7) is 8.96. The molecule has 0 heterocycles. The Morgan fingerprint density at radius 3 is 2.30 bits per heavy atom. The molecule has 30 heavy (non-hydrogen) atoms. The van der Waals surface area contributed by atoms with Crippen LogP contribution in [-0.4, -0.2) is 29.4 Å². The fraction of sp³-hybridized carbons (Fsp3) is 0.333. The molecule has 2 aromatic carbocycles. The summed E-state index contributed by atoms with van der Waals surface area (Å²) in [5, 5.41) is 4.45. The molecule has 0 aliphatic heterocycles. The highest BCUT2D eigenvalue weighted by Crippen LogP contribution is 2.16. The number of carbonyl (C=O) groups is 2. The molecule has 0 saturated carbocycles. The monoisotopic (exact) mass is 408 g/mol. The average molecular weight is 409 g/mol. The molecule has 2 rings (SSSR count). The van der Waals surface area contributed by atoms with E-state index in [1.165, 1.54) is 6.08 Å². The van der Waals surface area contributed by atoms with Crippen LogP contribution >= 0.6 is 0 Å². The number of nitrogens with one attached hydrogen (secondary N) is 2. The lowest BCUT2D eigenvalue weighted by molar-refractivity contribution is -0.136. The summed E-state index contributed by atoms with van der Waals surface area (Å²) < 4.78 is 0.